The maximum absolute atomic E-state index is 9.51. The maximum Gasteiger partial charge on any atom is 0.123 e. The zero-order valence-corrected chi connectivity index (χ0v) is 10.7. The summed E-state index contributed by atoms with van der Waals surface area (Å²) in [6.07, 6.45) is 3.66. The summed E-state index contributed by atoms with van der Waals surface area (Å²) < 4.78 is 5.09. The molecule has 0 fully saturated rings. The summed E-state index contributed by atoms with van der Waals surface area (Å²) in [6, 6.07) is 10.9. The van der Waals surface area contributed by atoms with E-state index in [0.29, 0.717) is 5.75 Å². The fraction of sp³-hybridized carbons (Fsp3) is 0.0714. The summed E-state index contributed by atoms with van der Waals surface area (Å²) in [5, 5.41) is 12.4. The van der Waals surface area contributed by atoms with Crippen LogP contribution < -0.4 is 4.74 Å². The number of thioether (sulfide) groups is 1. The third kappa shape index (κ3) is 3.53. The minimum Gasteiger partial charge on any atom is -0.508 e. The zero-order valence-electron chi connectivity index (χ0n) is 9.91. The Labute approximate surface area is 110 Å². The molecule has 0 saturated carbocycles. The number of aromatic nitrogens is 1. The largest absolute Gasteiger partial charge is 0.508 e. The Morgan fingerprint density at radius 2 is 2.17 bits per heavy atom. The van der Waals surface area contributed by atoms with Gasteiger partial charge in [0.1, 0.15) is 16.5 Å². The highest BCUT2D eigenvalue weighted by atomic mass is 32.2. The molecule has 0 aliphatic heterocycles. The lowest BCUT2D eigenvalue weighted by Gasteiger charge is -2.02. The molecule has 2 aromatic rings. The second-order valence-electron chi connectivity index (χ2n) is 3.55. The second kappa shape index (κ2) is 6.12. The van der Waals surface area contributed by atoms with Crippen LogP contribution in [0.4, 0.5) is 0 Å². The molecule has 0 spiro atoms. The van der Waals surface area contributed by atoms with Crippen molar-refractivity contribution in [3.63, 3.8) is 0 Å². The number of ether oxygens (including phenoxy) is 1. The number of hydrogen-bond acceptors (Lipinski definition) is 4. The van der Waals surface area contributed by atoms with Gasteiger partial charge in [0.25, 0.3) is 0 Å². The van der Waals surface area contributed by atoms with Gasteiger partial charge in [0.05, 0.1) is 7.11 Å². The summed E-state index contributed by atoms with van der Waals surface area (Å²) in [4.78, 5) is 4.20. The first-order chi connectivity index (χ1) is 8.78. The third-order valence-corrected chi connectivity index (χ3v) is 2.99. The van der Waals surface area contributed by atoms with Crippen molar-refractivity contribution in [1.82, 2.24) is 4.98 Å². The van der Waals surface area contributed by atoms with Crippen LogP contribution in [0.2, 0.25) is 0 Å². The van der Waals surface area contributed by atoms with Gasteiger partial charge in [-0.25, -0.2) is 4.98 Å². The summed E-state index contributed by atoms with van der Waals surface area (Å²) in [5.74, 6) is 0.828. The molecule has 1 heterocycles. The first-order valence-electron chi connectivity index (χ1n) is 5.40. The molecule has 92 valence electrons. The van der Waals surface area contributed by atoms with Crippen molar-refractivity contribution >= 4 is 17.8 Å². The highest BCUT2D eigenvalue weighted by Crippen LogP contribution is 2.24. The van der Waals surface area contributed by atoms with Crippen molar-refractivity contribution in [2.45, 2.75) is 5.03 Å². The van der Waals surface area contributed by atoms with Crippen molar-refractivity contribution in [2.75, 3.05) is 7.11 Å². The number of methoxy groups -OCH3 is 1. The van der Waals surface area contributed by atoms with E-state index in [4.69, 9.17) is 4.74 Å². The van der Waals surface area contributed by atoms with Crippen LogP contribution in [0.15, 0.2) is 53.0 Å². The van der Waals surface area contributed by atoms with Crippen LogP contribution in [0, 0.1) is 0 Å². The maximum atomic E-state index is 9.51. The van der Waals surface area contributed by atoms with Crippen LogP contribution >= 0.6 is 11.8 Å². The normalized spacial score (nSPS) is 10.7. The predicted octanol–water partition coefficient (Wildman–Crippen LogP) is 3.56. The van der Waals surface area contributed by atoms with Gasteiger partial charge in [-0.05, 0) is 41.3 Å². The van der Waals surface area contributed by atoms with E-state index in [1.54, 1.807) is 25.4 Å². The smallest absolute Gasteiger partial charge is 0.123 e. The van der Waals surface area contributed by atoms with E-state index in [-0.39, 0.29) is 5.75 Å². The molecule has 18 heavy (non-hydrogen) atoms. The molecule has 4 heteroatoms. The molecule has 1 aromatic heterocycles. The number of phenols is 1. The minimum atomic E-state index is 0.192. The molecule has 0 atom stereocenters. The van der Waals surface area contributed by atoms with E-state index < -0.39 is 0 Å². The van der Waals surface area contributed by atoms with Crippen LogP contribution in [-0.4, -0.2) is 17.2 Å². The van der Waals surface area contributed by atoms with Gasteiger partial charge in [0.15, 0.2) is 0 Å². The third-order valence-electron chi connectivity index (χ3n) is 2.24. The Bertz CT molecular complexity index is 541. The Balaban J connectivity index is 2.07. The number of hydrogen-bond donors (Lipinski definition) is 1. The molecule has 0 aliphatic rings. The summed E-state index contributed by atoms with van der Waals surface area (Å²) in [5.41, 5.74) is 0.885. The van der Waals surface area contributed by atoms with Crippen molar-refractivity contribution in [1.29, 1.82) is 0 Å². The van der Waals surface area contributed by atoms with E-state index in [1.165, 1.54) is 11.8 Å². The van der Waals surface area contributed by atoms with E-state index in [1.807, 2.05) is 35.7 Å². The SMILES string of the molecule is COc1cc(O)cc(/C=C/Sc2ccccn2)c1. The molecule has 0 aliphatic carbocycles. The fourth-order valence-electron chi connectivity index (χ4n) is 1.42. The fourth-order valence-corrected chi connectivity index (χ4v) is 2.06. The average molecular weight is 259 g/mol. The quantitative estimate of drug-likeness (QED) is 0.852. The Kier molecular flexibility index (Phi) is 4.25. The van der Waals surface area contributed by atoms with Crippen LogP contribution in [0.5, 0.6) is 11.5 Å². The first kappa shape index (κ1) is 12.5. The van der Waals surface area contributed by atoms with Crippen LogP contribution in [0.3, 0.4) is 0 Å². The van der Waals surface area contributed by atoms with Crippen molar-refractivity contribution in [2.24, 2.45) is 0 Å². The van der Waals surface area contributed by atoms with Crippen LogP contribution in [0.25, 0.3) is 6.08 Å². The molecular formula is C14H13NO2S. The monoisotopic (exact) mass is 259 g/mol. The number of rotatable bonds is 4. The molecule has 0 unspecified atom stereocenters. The molecule has 0 amide bonds. The highest BCUT2D eigenvalue weighted by Gasteiger charge is 1.97. The van der Waals surface area contributed by atoms with Gasteiger partial charge in [0, 0.05) is 12.3 Å². The van der Waals surface area contributed by atoms with Gasteiger partial charge >= 0.3 is 0 Å². The molecule has 1 aromatic carbocycles. The van der Waals surface area contributed by atoms with Crippen molar-refractivity contribution in [3.8, 4) is 11.5 Å². The van der Waals surface area contributed by atoms with Gasteiger partial charge in [0.2, 0.25) is 0 Å². The first-order valence-corrected chi connectivity index (χ1v) is 6.28. The molecular weight excluding hydrogens is 246 g/mol. The predicted molar refractivity (Wildman–Crippen MR) is 73.8 cm³/mol. The zero-order chi connectivity index (χ0) is 12.8. The Morgan fingerprint density at radius 3 is 2.89 bits per heavy atom. The van der Waals surface area contributed by atoms with E-state index in [2.05, 4.69) is 4.98 Å². The lowest BCUT2D eigenvalue weighted by molar-refractivity contribution is 0.407. The Hall–Kier alpha value is -1.94. The average Bonchev–Trinajstić information content (AvgIpc) is 2.39. The van der Waals surface area contributed by atoms with E-state index in [9.17, 15) is 5.11 Å². The topological polar surface area (TPSA) is 42.4 Å². The molecule has 1 N–H and O–H groups in total. The van der Waals surface area contributed by atoms with Gasteiger partial charge in [-0.3, -0.25) is 0 Å². The molecule has 3 nitrogen and oxygen atoms in total. The lowest BCUT2D eigenvalue weighted by atomic mass is 10.2. The van der Waals surface area contributed by atoms with Gasteiger partial charge in [-0.2, -0.15) is 0 Å². The standard InChI is InChI=1S/C14H13NO2S/c1-17-13-9-11(8-12(16)10-13)5-7-18-14-4-2-3-6-15-14/h2-10,16H,1H3/b7-5+. The summed E-state index contributed by atoms with van der Waals surface area (Å²) in [7, 11) is 1.57. The highest BCUT2D eigenvalue weighted by molar-refractivity contribution is 8.02. The minimum absolute atomic E-state index is 0.192. The molecule has 0 radical (unpaired) electrons. The van der Waals surface area contributed by atoms with Crippen LogP contribution in [-0.2, 0) is 0 Å². The van der Waals surface area contributed by atoms with Gasteiger partial charge in [-0.15, -0.1) is 0 Å². The lowest BCUT2D eigenvalue weighted by Crippen LogP contribution is -1.83. The summed E-state index contributed by atoms with van der Waals surface area (Å²) in [6.45, 7) is 0. The number of aromatic hydroxyl groups is 1. The van der Waals surface area contributed by atoms with E-state index in [0.717, 1.165) is 10.6 Å². The van der Waals surface area contributed by atoms with Gasteiger partial charge in [-0.1, -0.05) is 17.8 Å². The number of benzene rings is 1. The number of phenolic OH excluding ortho intramolecular Hbond substituents is 1. The van der Waals surface area contributed by atoms with Crippen LogP contribution in [0.1, 0.15) is 5.56 Å². The molecule has 0 saturated heterocycles. The number of pyridine rings is 1. The number of nitrogens with zero attached hydrogens (tertiary/aromatic N) is 1. The van der Waals surface area contributed by atoms with E-state index >= 15 is 0 Å². The molecule has 0 bridgehead atoms. The van der Waals surface area contributed by atoms with Crippen molar-refractivity contribution < 1.29 is 9.84 Å². The Morgan fingerprint density at radius 1 is 1.28 bits per heavy atom. The van der Waals surface area contributed by atoms with Crippen molar-refractivity contribution in [3.05, 3.63) is 53.6 Å². The molecule has 2 rings (SSSR count). The van der Waals surface area contributed by atoms with Gasteiger partial charge < -0.3 is 9.84 Å². The summed E-state index contributed by atoms with van der Waals surface area (Å²) >= 11 is 1.52. The second-order valence-corrected chi connectivity index (χ2v) is 4.48.